The number of nitrogens with zero attached hydrogens (tertiary/aromatic N) is 2. The molecule has 0 N–H and O–H groups in total. The molecule has 1 aromatic rings. The molecule has 0 atom stereocenters. The van der Waals surface area contributed by atoms with E-state index in [1.54, 1.807) is 6.20 Å². The first-order chi connectivity index (χ1) is 6.95. The van der Waals surface area contributed by atoms with Crippen LogP contribution in [0.1, 0.15) is 19.4 Å². The number of hydrogen-bond acceptors (Lipinski definition) is 2. The van der Waals surface area contributed by atoms with Crippen LogP contribution in [-0.4, -0.2) is 28.4 Å². The normalized spacial score (nSPS) is 12.1. The summed E-state index contributed by atoms with van der Waals surface area (Å²) in [6.07, 6.45) is 2.88. The number of aromatic nitrogens is 1. The fraction of sp³-hybridized carbons (Fsp3) is 0.545. The zero-order valence-corrected chi connectivity index (χ0v) is 10.1. The summed E-state index contributed by atoms with van der Waals surface area (Å²) < 4.78 is 12.9. The van der Waals surface area contributed by atoms with Gasteiger partial charge < -0.3 is 0 Å². The maximum atomic E-state index is 12.9. The topological polar surface area (TPSA) is 16.1 Å². The Kier molecular flexibility index (Phi) is 4.05. The van der Waals surface area contributed by atoms with Gasteiger partial charge in [-0.05, 0) is 32.5 Å². The highest BCUT2D eigenvalue weighted by Gasteiger charge is 2.22. The molecule has 1 rings (SSSR count). The molecule has 0 fully saturated rings. The molecule has 1 heterocycles. The van der Waals surface area contributed by atoms with Gasteiger partial charge in [-0.2, -0.15) is 0 Å². The third-order valence-electron chi connectivity index (χ3n) is 2.54. The summed E-state index contributed by atoms with van der Waals surface area (Å²) in [4.78, 5) is 5.89. The van der Waals surface area contributed by atoms with Gasteiger partial charge in [0.25, 0.3) is 0 Å². The van der Waals surface area contributed by atoms with Crippen molar-refractivity contribution in [1.82, 2.24) is 9.88 Å². The Hall–Kier alpha value is -0.670. The Morgan fingerprint density at radius 3 is 2.67 bits per heavy atom. The molecule has 2 nitrogen and oxygen atoms in total. The fourth-order valence-corrected chi connectivity index (χ4v) is 1.34. The van der Waals surface area contributed by atoms with E-state index >= 15 is 0 Å². The molecule has 4 heteroatoms. The van der Waals surface area contributed by atoms with Crippen LogP contribution in [0, 0.1) is 5.82 Å². The number of halogens is 2. The zero-order valence-electron chi connectivity index (χ0n) is 9.30. The van der Waals surface area contributed by atoms with E-state index in [1.165, 1.54) is 12.3 Å². The molecule has 0 unspecified atom stereocenters. The molecule has 0 saturated carbocycles. The van der Waals surface area contributed by atoms with E-state index in [4.69, 9.17) is 11.6 Å². The van der Waals surface area contributed by atoms with Crippen molar-refractivity contribution in [2.24, 2.45) is 0 Å². The standard InChI is InChI=1S/C11H16ClFN2/c1-11(2,8-12)15(3)7-9-4-10(13)6-14-5-9/h4-6H,7-8H2,1-3H3. The van der Waals surface area contributed by atoms with Crippen LogP contribution in [0.4, 0.5) is 4.39 Å². The number of pyridine rings is 1. The maximum absolute atomic E-state index is 12.9. The molecule has 0 aliphatic carbocycles. The Morgan fingerprint density at radius 2 is 2.13 bits per heavy atom. The first-order valence-electron chi connectivity index (χ1n) is 4.82. The summed E-state index contributed by atoms with van der Waals surface area (Å²) in [5.41, 5.74) is 0.754. The van der Waals surface area contributed by atoms with Crippen LogP contribution in [0.15, 0.2) is 18.5 Å². The van der Waals surface area contributed by atoms with E-state index in [9.17, 15) is 4.39 Å². The number of alkyl halides is 1. The van der Waals surface area contributed by atoms with Crippen molar-refractivity contribution < 1.29 is 4.39 Å². The molecule has 0 amide bonds. The van der Waals surface area contributed by atoms with Gasteiger partial charge >= 0.3 is 0 Å². The van der Waals surface area contributed by atoms with E-state index in [2.05, 4.69) is 9.88 Å². The monoisotopic (exact) mass is 230 g/mol. The second-order valence-corrected chi connectivity index (χ2v) is 4.58. The van der Waals surface area contributed by atoms with Crippen LogP contribution in [-0.2, 0) is 6.54 Å². The molecule has 0 aliphatic rings. The third-order valence-corrected chi connectivity index (χ3v) is 3.20. The summed E-state index contributed by atoms with van der Waals surface area (Å²) in [5.74, 6) is 0.233. The predicted molar refractivity (Wildman–Crippen MR) is 60.5 cm³/mol. The number of rotatable bonds is 4. The quantitative estimate of drug-likeness (QED) is 0.740. The van der Waals surface area contributed by atoms with Gasteiger partial charge in [0.1, 0.15) is 5.82 Å². The Bertz CT molecular complexity index is 328. The molecule has 0 aliphatic heterocycles. The molecule has 0 radical (unpaired) electrons. The van der Waals surface area contributed by atoms with Crippen LogP contribution in [0.25, 0.3) is 0 Å². The van der Waals surface area contributed by atoms with Gasteiger partial charge in [-0.25, -0.2) is 4.39 Å². The lowest BCUT2D eigenvalue weighted by Gasteiger charge is -2.33. The van der Waals surface area contributed by atoms with Gasteiger partial charge in [-0.15, -0.1) is 11.6 Å². The molecule has 0 aromatic carbocycles. The average molecular weight is 231 g/mol. The lowest BCUT2D eigenvalue weighted by atomic mass is 10.1. The van der Waals surface area contributed by atoms with Crippen LogP contribution in [0.5, 0.6) is 0 Å². The van der Waals surface area contributed by atoms with Crippen molar-refractivity contribution in [2.75, 3.05) is 12.9 Å². The van der Waals surface area contributed by atoms with Gasteiger partial charge in [0, 0.05) is 24.2 Å². The van der Waals surface area contributed by atoms with Crippen LogP contribution >= 0.6 is 11.6 Å². The summed E-state index contributed by atoms with van der Waals surface area (Å²) in [7, 11) is 1.97. The molecule has 0 spiro atoms. The highest BCUT2D eigenvalue weighted by atomic mass is 35.5. The lowest BCUT2D eigenvalue weighted by Crippen LogP contribution is -2.42. The van der Waals surface area contributed by atoms with E-state index in [1.807, 2.05) is 20.9 Å². The minimum absolute atomic E-state index is 0.103. The van der Waals surface area contributed by atoms with Gasteiger partial charge in [0.05, 0.1) is 6.20 Å². The zero-order chi connectivity index (χ0) is 11.5. The van der Waals surface area contributed by atoms with Crippen molar-refractivity contribution in [3.8, 4) is 0 Å². The average Bonchev–Trinajstić information content (AvgIpc) is 2.17. The summed E-state index contributed by atoms with van der Waals surface area (Å²) in [6.45, 7) is 4.74. The third kappa shape index (κ3) is 3.43. The molecule has 1 aromatic heterocycles. The van der Waals surface area contributed by atoms with E-state index in [0.29, 0.717) is 12.4 Å². The number of hydrogen-bond donors (Lipinski definition) is 0. The van der Waals surface area contributed by atoms with Gasteiger partial charge in [-0.1, -0.05) is 0 Å². The van der Waals surface area contributed by atoms with Crippen molar-refractivity contribution in [3.05, 3.63) is 29.8 Å². The molecule has 15 heavy (non-hydrogen) atoms. The van der Waals surface area contributed by atoms with Crippen molar-refractivity contribution in [1.29, 1.82) is 0 Å². The lowest BCUT2D eigenvalue weighted by molar-refractivity contribution is 0.170. The molecule has 0 saturated heterocycles. The fourth-order valence-electron chi connectivity index (χ4n) is 1.13. The van der Waals surface area contributed by atoms with Crippen LogP contribution in [0.2, 0.25) is 0 Å². The minimum Gasteiger partial charge on any atom is -0.296 e. The highest BCUT2D eigenvalue weighted by molar-refractivity contribution is 6.18. The van der Waals surface area contributed by atoms with E-state index in [0.717, 1.165) is 5.56 Å². The van der Waals surface area contributed by atoms with Crippen molar-refractivity contribution in [2.45, 2.75) is 25.9 Å². The Labute approximate surface area is 95.1 Å². The van der Waals surface area contributed by atoms with Gasteiger partial charge in [-0.3, -0.25) is 9.88 Å². The van der Waals surface area contributed by atoms with Crippen LogP contribution < -0.4 is 0 Å². The minimum atomic E-state index is -0.301. The first kappa shape index (κ1) is 12.4. The Morgan fingerprint density at radius 1 is 1.47 bits per heavy atom. The summed E-state index contributed by atoms with van der Waals surface area (Å²) >= 11 is 5.85. The van der Waals surface area contributed by atoms with E-state index in [-0.39, 0.29) is 11.4 Å². The Balaban J connectivity index is 2.70. The second kappa shape index (κ2) is 4.90. The first-order valence-corrected chi connectivity index (χ1v) is 5.36. The molecule has 0 bridgehead atoms. The maximum Gasteiger partial charge on any atom is 0.141 e. The van der Waals surface area contributed by atoms with Crippen LogP contribution in [0.3, 0.4) is 0 Å². The summed E-state index contributed by atoms with van der Waals surface area (Å²) in [5, 5.41) is 0. The van der Waals surface area contributed by atoms with Gasteiger partial charge in [0.15, 0.2) is 0 Å². The smallest absolute Gasteiger partial charge is 0.141 e. The SMILES string of the molecule is CN(Cc1cncc(F)c1)C(C)(C)CCl. The predicted octanol–water partition coefficient (Wildman–Crippen LogP) is 2.67. The second-order valence-electron chi connectivity index (χ2n) is 4.31. The highest BCUT2D eigenvalue weighted by Crippen LogP contribution is 2.17. The van der Waals surface area contributed by atoms with Gasteiger partial charge in [0.2, 0.25) is 0 Å². The largest absolute Gasteiger partial charge is 0.296 e. The van der Waals surface area contributed by atoms with Crippen molar-refractivity contribution in [3.63, 3.8) is 0 Å². The van der Waals surface area contributed by atoms with Crippen molar-refractivity contribution >= 4 is 11.6 Å². The van der Waals surface area contributed by atoms with E-state index < -0.39 is 0 Å². The molecule has 84 valence electrons. The molecular formula is C11H16ClFN2. The summed E-state index contributed by atoms with van der Waals surface area (Å²) in [6, 6.07) is 1.49. The molecular weight excluding hydrogens is 215 g/mol.